The number of hydrogen-bond acceptors (Lipinski definition) is 3. The molecule has 0 aliphatic heterocycles. The van der Waals surface area contributed by atoms with Gasteiger partial charge in [-0.3, -0.25) is 4.99 Å². The van der Waals surface area contributed by atoms with Crippen LogP contribution < -0.4 is 0 Å². The minimum absolute atomic E-state index is 0.241. The summed E-state index contributed by atoms with van der Waals surface area (Å²) in [5, 5.41) is 9.92. The molecule has 2 unspecified atom stereocenters. The van der Waals surface area contributed by atoms with Crippen LogP contribution in [0.5, 0.6) is 5.75 Å². The maximum absolute atomic E-state index is 9.92. The molecule has 0 bridgehead atoms. The van der Waals surface area contributed by atoms with Gasteiger partial charge in [0.25, 0.3) is 0 Å². The first-order chi connectivity index (χ1) is 8.72. The molecule has 2 rings (SSSR count). The predicted octanol–water partition coefficient (Wildman–Crippen LogP) is 3.08. The quantitative estimate of drug-likeness (QED) is 0.831. The van der Waals surface area contributed by atoms with Crippen molar-refractivity contribution in [3.8, 4) is 5.75 Å². The third-order valence-electron chi connectivity index (χ3n) is 3.47. The summed E-state index contributed by atoms with van der Waals surface area (Å²) in [5.41, 5.74) is 1.67. The summed E-state index contributed by atoms with van der Waals surface area (Å²) in [6.07, 6.45) is 5.37. The van der Waals surface area contributed by atoms with Gasteiger partial charge >= 0.3 is 0 Å². The first-order valence-electron chi connectivity index (χ1n) is 6.65. The maximum atomic E-state index is 9.92. The van der Waals surface area contributed by atoms with E-state index in [-0.39, 0.29) is 12.1 Å². The molecule has 0 aromatic heterocycles. The van der Waals surface area contributed by atoms with Gasteiger partial charge in [-0.2, -0.15) is 0 Å². The number of nitrogens with zero attached hydrogens (tertiary/aromatic N) is 1. The Balaban J connectivity index is 2.08. The van der Waals surface area contributed by atoms with Gasteiger partial charge in [-0.25, -0.2) is 0 Å². The van der Waals surface area contributed by atoms with Gasteiger partial charge in [-0.15, -0.1) is 0 Å². The number of aryl methyl sites for hydroxylation is 1. The van der Waals surface area contributed by atoms with Crippen LogP contribution in [0.4, 0.5) is 0 Å². The summed E-state index contributed by atoms with van der Waals surface area (Å²) < 4.78 is 5.68. The lowest BCUT2D eigenvalue weighted by molar-refractivity contribution is 0.0582. The van der Waals surface area contributed by atoms with Crippen LogP contribution in [0.2, 0.25) is 0 Å². The van der Waals surface area contributed by atoms with E-state index in [4.69, 9.17) is 4.74 Å². The highest BCUT2D eigenvalue weighted by atomic mass is 16.5. The number of ether oxygens (including phenoxy) is 1. The van der Waals surface area contributed by atoms with Crippen molar-refractivity contribution in [2.24, 2.45) is 4.99 Å². The summed E-state index contributed by atoms with van der Waals surface area (Å²) in [7, 11) is 0. The van der Waals surface area contributed by atoms with Gasteiger partial charge < -0.3 is 9.84 Å². The van der Waals surface area contributed by atoms with Crippen molar-refractivity contribution < 1.29 is 9.84 Å². The minimum Gasteiger partial charge on any atom is -0.507 e. The first kappa shape index (κ1) is 13.1. The largest absolute Gasteiger partial charge is 0.507 e. The molecule has 0 heterocycles. The number of hydrogen-bond donors (Lipinski definition) is 1. The van der Waals surface area contributed by atoms with E-state index >= 15 is 0 Å². The number of rotatable bonds is 4. The zero-order valence-corrected chi connectivity index (χ0v) is 11.1. The van der Waals surface area contributed by atoms with Crippen LogP contribution >= 0.6 is 0 Å². The molecule has 18 heavy (non-hydrogen) atoms. The van der Waals surface area contributed by atoms with Crippen molar-refractivity contribution in [1.82, 2.24) is 0 Å². The van der Waals surface area contributed by atoms with E-state index < -0.39 is 0 Å². The number of aliphatic imine (C=N–C) groups is 1. The fourth-order valence-electron chi connectivity index (χ4n) is 2.45. The summed E-state index contributed by atoms with van der Waals surface area (Å²) >= 11 is 0. The molecule has 98 valence electrons. The van der Waals surface area contributed by atoms with Crippen molar-refractivity contribution >= 4 is 6.21 Å². The Morgan fingerprint density at radius 2 is 2.28 bits per heavy atom. The van der Waals surface area contributed by atoms with E-state index in [2.05, 4.69) is 4.99 Å². The second kappa shape index (κ2) is 6.01. The van der Waals surface area contributed by atoms with Crippen molar-refractivity contribution in [1.29, 1.82) is 0 Å². The molecular weight excluding hydrogens is 226 g/mol. The molecule has 3 heteroatoms. The predicted molar refractivity (Wildman–Crippen MR) is 73.5 cm³/mol. The van der Waals surface area contributed by atoms with Crippen LogP contribution in [0.15, 0.2) is 23.2 Å². The van der Waals surface area contributed by atoms with Crippen LogP contribution in [-0.2, 0) is 4.74 Å². The lowest BCUT2D eigenvalue weighted by Gasteiger charge is -2.15. The average Bonchev–Trinajstić information content (AvgIpc) is 2.79. The molecule has 0 radical (unpaired) electrons. The molecule has 1 aliphatic rings. The molecule has 2 atom stereocenters. The Morgan fingerprint density at radius 3 is 3.06 bits per heavy atom. The van der Waals surface area contributed by atoms with E-state index in [1.807, 2.05) is 32.0 Å². The van der Waals surface area contributed by atoms with Gasteiger partial charge in [0.2, 0.25) is 0 Å². The smallest absolute Gasteiger partial charge is 0.127 e. The molecule has 1 aromatic carbocycles. The van der Waals surface area contributed by atoms with Crippen molar-refractivity contribution in [3.63, 3.8) is 0 Å². The van der Waals surface area contributed by atoms with Crippen molar-refractivity contribution in [2.75, 3.05) is 6.61 Å². The highest BCUT2D eigenvalue weighted by molar-refractivity contribution is 5.84. The Hall–Kier alpha value is -1.35. The Bertz CT molecular complexity index is 429. The average molecular weight is 247 g/mol. The Labute approximate surface area is 109 Å². The molecule has 1 saturated carbocycles. The van der Waals surface area contributed by atoms with Gasteiger partial charge in [0.05, 0.1) is 12.1 Å². The number of aromatic hydroxyl groups is 1. The lowest BCUT2D eigenvalue weighted by Crippen LogP contribution is -2.21. The summed E-state index contributed by atoms with van der Waals surface area (Å²) in [4.78, 5) is 4.59. The summed E-state index contributed by atoms with van der Waals surface area (Å²) in [5.74, 6) is 0.326. The fourth-order valence-corrected chi connectivity index (χ4v) is 2.45. The normalized spacial score (nSPS) is 23.9. The molecule has 0 saturated heterocycles. The standard InChI is InChI=1S/C15H21NO2/c1-3-18-14-9-5-8-13(14)16-10-12-7-4-6-11(2)15(12)17/h4,6-7,10,13-14,17H,3,5,8-9H2,1-2H3. The van der Waals surface area contributed by atoms with Crippen LogP contribution in [-0.4, -0.2) is 30.1 Å². The Morgan fingerprint density at radius 1 is 1.44 bits per heavy atom. The number of phenolic OH excluding ortho intramolecular Hbond substituents is 1. The number of benzene rings is 1. The van der Waals surface area contributed by atoms with E-state index in [0.29, 0.717) is 5.75 Å². The monoisotopic (exact) mass is 247 g/mol. The van der Waals surface area contributed by atoms with Crippen molar-refractivity contribution in [3.05, 3.63) is 29.3 Å². The molecule has 1 aliphatic carbocycles. The van der Waals surface area contributed by atoms with Gasteiger partial charge in [0.15, 0.2) is 0 Å². The van der Waals surface area contributed by atoms with Gasteiger partial charge in [-0.1, -0.05) is 12.1 Å². The second-order valence-corrected chi connectivity index (χ2v) is 4.78. The number of para-hydroxylation sites is 1. The van der Waals surface area contributed by atoms with E-state index in [0.717, 1.165) is 30.6 Å². The van der Waals surface area contributed by atoms with Crippen LogP contribution in [0, 0.1) is 6.92 Å². The highest BCUT2D eigenvalue weighted by Crippen LogP contribution is 2.26. The molecule has 3 nitrogen and oxygen atoms in total. The molecular formula is C15H21NO2. The van der Waals surface area contributed by atoms with Gasteiger partial charge in [0, 0.05) is 18.4 Å². The van der Waals surface area contributed by atoms with Crippen LogP contribution in [0.3, 0.4) is 0 Å². The molecule has 1 N–H and O–H groups in total. The zero-order chi connectivity index (χ0) is 13.0. The van der Waals surface area contributed by atoms with E-state index in [1.54, 1.807) is 6.21 Å². The van der Waals surface area contributed by atoms with E-state index in [9.17, 15) is 5.11 Å². The van der Waals surface area contributed by atoms with E-state index in [1.165, 1.54) is 6.42 Å². The van der Waals surface area contributed by atoms with Crippen LogP contribution in [0.25, 0.3) is 0 Å². The number of phenols is 1. The second-order valence-electron chi connectivity index (χ2n) is 4.78. The first-order valence-corrected chi connectivity index (χ1v) is 6.65. The maximum Gasteiger partial charge on any atom is 0.127 e. The third-order valence-corrected chi connectivity index (χ3v) is 3.47. The summed E-state index contributed by atoms with van der Waals surface area (Å²) in [6, 6.07) is 5.96. The van der Waals surface area contributed by atoms with Crippen LogP contribution in [0.1, 0.15) is 37.3 Å². The van der Waals surface area contributed by atoms with Crippen molar-refractivity contribution in [2.45, 2.75) is 45.3 Å². The van der Waals surface area contributed by atoms with Gasteiger partial charge in [-0.05, 0) is 44.7 Å². The molecule has 0 amide bonds. The summed E-state index contributed by atoms with van der Waals surface area (Å²) in [6.45, 7) is 4.66. The minimum atomic E-state index is 0.241. The third kappa shape index (κ3) is 2.91. The fraction of sp³-hybridized carbons (Fsp3) is 0.533. The SMILES string of the molecule is CCOC1CCCC1N=Cc1cccc(C)c1O. The molecule has 1 fully saturated rings. The highest BCUT2D eigenvalue weighted by Gasteiger charge is 2.26. The lowest BCUT2D eigenvalue weighted by atomic mass is 10.1. The zero-order valence-electron chi connectivity index (χ0n) is 11.1. The topological polar surface area (TPSA) is 41.8 Å². The molecule has 1 aromatic rings. The molecule has 0 spiro atoms. The van der Waals surface area contributed by atoms with Gasteiger partial charge in [0.1, 0.15) is 5.75 Å². The Kier molecular flexibility index (Phi) is 4.37.